The van der Waals surface area contributed by atoms with Crippen LogP contribution in [0.3, 0.4) is 0 Å². The lowest BCUT2D eigenvalue weighted by molar-refractivity contribution is 0.575. The van der Waals surface area contributed by atoms with Crippen molar-refractivity contribution in [3.8, 4) is 0 Å². The van der Waals surface area contributed by atoms with Gasteiger partial charge in [-0.25, -0.2) is 0 Å². The highest BCUT2D eigenvalue weighted by Crippen LogP contribution is 2.31. The molecule has 2 heterocycles. The zero-order valence-corrected chi connectivity index (χ0v) is 12.8. The lowest BCUT2D eigenvalue weighted by Crippen LogP contribution is -2.25. The highest BCUT2D eigenvalue weighted by Gasteiger charge is 2.22. The van der Waals surface area contributed by atoms with E-state index in [0.29, 0.717) is 5.02 Å². The topological polar surface area (TPSA) is 42.7 Å². The molecule has 3 aromatic rings. The van der Waals surface area contributed by atoms with E-state index in [9.17, 15) is 0 Å². The zero-order chi connectivity index (χ0) is 14.8. The van der Waals surface area contributed by atoms with Gasteiger partial charge >= 0.3 is 0 Å². The number of rotatable bonds is 4. The van der Waals surface area contributed by atoms with Gasteiger partial charge in [0, 0.05) is 18.6 Å². The van der Waals surface area contributed by atoms with Gasteiger partial charge in [-0.1, -0.05) is 36.7 Å². The average molecular weight is 301 g/mol. The Bertz CT molecular complexity index is 741. The first kappa shape index (κ1) is 14.0. The minimum atomic E-state index is -0.0112. The van der Waals surface area contributed by atoms with E-state index in [1.165, 1.54) is 0 Å². The van der Waals surface area contributed by atoms with Gasteiger partial charge in [0.25, 0.3) is 0 Å². The summed E-state index contributed by atoms with van der Waals surface area (Å²) in [4.78, 5) is 4.43. The van der Waals surface area contributed by atoms with Crippen molar-refractivity contribution < 1.29 is 0 Å². The van der Waals surface area contributed by atoms with Gasteiger partial charge in [0.1, 0.15) is 0 Å². The summed E-state index contributed by atoms with van der Waals surface area (Å²) in [7, 11) is 1.91. The van der Waals surface area contributed by atoms with Crippen molar-refractivity contribution in [2.24, 2.45) is 7.05 Å². The van der Waals surface area contributed by atoms with E-state index in [0.717, 1.165) is 28.7 Å². The van der Waals surface area contributed by atoms with Crippen LogP contribution in [0.2, 0.25) is 5.02 Å². The number of aryl methyl sites for hydroxylation is 1. The van der Waals surface area contributed by atoms with E-state index in [4.69, 9.17) is 11.6 Å². The Balaban J connectivity index is 2.21. The van der Waals surface area contributed by atoms with Gasteiger partial charge in [-0.3, -0.25) is 9.67 Å². The van der Waals surface area contributed by atoms with Crippen molar-refractivity contribution in [1.29, 1.82) is 0 Å². The van der Waals surface area contributed by atoms with E-state index < -0.39 is 0 Å². The molecule has 5 heteroatoms. The van der Waals surface area contributed by atoms with Crippen LogP contribution in [0.5, 0.6) is 0 Å². The van der Waals surface area contributed by atoms with Crippen molar-refractivity contribution in [2.75, 3.05) is 6.54 Å². The molecule has 0 saturated carbocycles. The molecule has 0 aliphatic carbocycles. The number of hydrogen-bond donors (Lipinski definition) is 1. The van der Waals surface area contributed by atoms with Crippen LogP contribution < -0.4 is 5.32 Å². The fourth-order valence-electron chi connectivity index (χ4n) is 2.67. The molecular weight excluding hydrogens is 284 g/mol. The van der Waals surface area contributed by atoms with Crippen LogP contribution in [0, 0.1) is 0 Å². The highest BCUT2D eigenvalue weighted by atomic mass is 35.5. The molecular formula is C16H17ClN4. The number of benzene rings is 1. The molecule has 21 heavy (non-hydrogen) atoms. The SMILES string of the molecule is CCNC(c1ccnc2ccccc12)c1c(Cl)cnn1C. The second-order valence-corrected chi connectivity index (χ2v) is 5.32. The van der Waals surface area contributed by atoms with Crippen LogP contribution in [0.15, 0.2) is 42.7 Å². The van der Waals surface area contributed by atoms with Crippen LogP contribution in [-0.4, -0.2) is 21.3 Å². The average Bonchev–Trinajstić information content (AvgIpc) is 2.84. The minimum Gasteiger partial charge on any atom is -0.305 e. The first-order chi connectivity index (χ1) is 10.2. The molecule has 2 aromatic heterocycles. The maximum atomic E-state index is 6.34. The second kappa shape index (κ2) is 5.84. The monoisotopic (exact) mass is 300 g/mol. The molecule has 1 N–H and O–H groups in total. The molecule has 108 valence electrons. The Hall–Kier alpha value is -1.91. The first-order valence-corrected chi connectivity index (χ1v) is 7.34. The van der Waals surface area contributed by atoms with Crippen molar-refractivity contribution in [3.63, 3.8) is 0 Å². The number of hydrogen-bond acceptors (Lipinski definition) is 3. The molecule has 4 nitrogen and oxygen atoms in total. The lowest BCUT2D eigenvalue weighted by atomic mass is 9.99. The van der Waals surface area contributed by atoms with Crippen LogP contribution in [-0.2, 0) is 7.05 Å². The third-order valence-electron chi connectivity index (χ3n) is 3.61. The van der Waals surface area contributed by atoms with E-state index in [2.05, 4.69) is 28.4 Å². The second-order valence-electron chi connectivity index (χ2n) is 4.91. The van der Waals surface area contributed by atoms with Gasteiger partial charge in [-0.05, 0) is 24.2 Å². The molecule has 0 aliphatic rings. The molecule has 0 amide bonds. The van der Waals surface area contributed by atoms with Crippen LogP contribution in [0.25, 0.3) is 10.9 Å². The third kappa shape index (κ3) is 2.52. The quantitative estimate of drug-likeness (QED) is 0.804. The Morgan fingerprint density at radius 3 is 2.81 bits per heavy atom. The predicted molar refractivity (Wildman–Crippen MR) is 85.5 cm³/mol. The largest absolute Gasteiger partial charge is 0.305 e. The zero-order valence-electron chi connectivity index (χ0n) is 12.0. The van der Waals surface area contributed by atoms with Gasteiger partial charge in [-0.15, -0.1) is 0 Å². The predicted octanol–water partition coefficient (Wildman–Crippen LogP) is 3.32. The maximum absolute atomic E-state index is 6.34. The minimum absolute atomic E-state index is 0.0112. The Labute approximate surface area is 128 Å². The number of pyridine rings is 1. The van der Waals surface area contributed by atoms with E-state index in [1.807, 2.05) is 42.2 Å². The van der Waals surface area contributed by atoms with E-state index in [-0.39, 0.29) is 6.04 Å². The standard InChI is InChI=1S/C16H17ClN4/c1-3-18-15(16-13(17)10-20-21(16)2)12-8-9-19-14-7-5-4-6-11(12)14/h4-10,15,18H,3H2,1-2H3. The van der Waals surface area contributed by atoms with Crippen molar-refractivity contribution >= 4 is 22.5 Å². The molecule has 0 radical (unpaired) electrons. The molecule has 0 fully saturated rings. The van der Waals surface area contributed by atoms with Gasteiger partial charge in [0.15, 0.2) is 0 Å². The molecule has 1 unspecified atom stereocenters. The van der Waals surface area contributed by atoms with Crippen LogP contribution >= 0.6 is 11.6 Å². The number of nitrogens with zero attached hydrogens (tertiary/aromatic N) is 3. The molecule has 0 saturated heterocycles. The fourth-order valence-corrected chi connectivity index (χ4v) is 2.95. The number of nitrogens with one attached hydrogen (secondary N) is 1. The summed E-state index contributed by atoms with van der Waals surface area (Å²) in [5.41, 5.74) is 3.11. The first-order valence-electron chi connectivity index (χ1n) is 6.96. The number of aromatic nitrogens is 3. The summed E-state index contributed by atoms with van der Waals surface area (Å²) < 4.78 is 1.82. The Morgan fingerprint density at radius 2 is 2.10 bits per heavy atom. The third-order valence-corrected chi connectivity index (χ3v) is 3.90. The van der Waals surface area contributed by atoms with Gasteiger partial charge in [0.2, 0.25) is 0 Å². The highest BCUT2D eigenvalue weighted by molar-refractivity contribution is 6.31. The van der Waals surface area contributed by atoms with Crippen molar-refractivity contribution in [3.05, 3.63) is 59.0 Å². The Kier molecular flexibility index (Phi) is 3.90. The molecule has 0 aliphatic heterocycles. The molecule has 3 rings (SSSR count). The van der Waals surface area contributed by atoms with Crippen LogP contribution in [0.4, 0.5) is 0 Å². The van der Waals surface area contributed by atoms with Crippen LogP contribution in [0.1, 0.15) is 24.2 Å². The van der Waals surface area contributed by atoms with Crippen molar-refractivity contribution in [1.82, 2.24) is 20.1 Å². The summed E-state index contributed by atoms with van der Waals surface area (Å²) >= 11 is 6.34. The van der Waals surface area contributed by atoms with E-state index in [1.54, 1.807) is 6.20 Å². The summed E-state index contributed by atoms with van der Waals surface area (Å²) in [5.74, 6) is 0. The fraction of sp³-hybridized carbons (Fsp3) is 0.250. The van der Waals surface area contributed by atoms with Gasteiger partial charge < -0.3 is 5.32 Å². The molecule has 1 aromatic carbocycles. The number of para-hydroxylation sites is 1. The number of halogens is 1. The normalized spacial score (nSPS) is 12.7. The molecule has 0 bridgehead atoms. The maximum Gasteiger partial charge on any atom is 0.0837 e. The summed E-state index contributed by atoms with van der Waals surface area (Å²) in [6, 6.07) is 10.2. The summed E-state index contributed by atoms with van der Waals surface area (Å²) in [6.07, 6.45) is 3.52. The lowest BCUT2D eigenvalue weighted by Gasteiger charge is -2.21. The molecule has 1 atom stereocenters. The van der Waals surface area contributed by atoms with Crippen molar-refractivity contribution in [2.45, 2.75) is 13.0 Å². The smallest absolute Gasteiger partial charge is 0.0837 e. The number of fused-ring (bicyclic) bond motifs is 1. The molecule has 0 spiro atoms. The van der Waals surface area contributed by atoms with Gasteiger partial charge in [-0.2, -0.15) is 5.10 Å². The van der Waals surface area contributed by atoms with E-state index >= 15 is 0 Å². The Morgan fingerprint density at radius 1 is 1.29 bits per heavy atom. The van der Waals surface area contributed by atoms with Gasteiger partial charge in [0.05, 0.1) is 28.5 Å². The summed E-state index contributed by atoms with van der Waals surface area (Å²) in [6.45, 7) is 2.92. The summed E-state index contributed by atoms with van der Waals surface area (Å²) in [5, 5.41) is 9.55.